The zero-order chi connectivity index (χ0) is 12.0. The number of hydrogen-bond donors (Lipinski definition) is 0. The molecule has 0 unspecified atom stereocenters. The Morgan fingerprint density at radius 1 is 1.31 bits per heavy atom. The van der Waals surface area contributed by atoms with Crippen LogP contribution in [0.5, 0.6) is 5.75 Å². The number of unbranched alkanes of at least 4 members (excludes halogenated alkanes) is 1. The molecule has 1 aromatic carbocycles. The molecule has 16 heavy (non-hydrogen) atoms. The molecule has 4 heteroatoms. The van der Waals surface area contributed by atoms with Crippen molar-refractivity contribution < 1.29 is 18.3 Å². The van der Waals surface area contributed by atoms with Gasteiger partial charge in [0.2, 0.25) is 0 Å². The Balaban J connectivity index is 2.64. The molecule has 0 N–H and O–H groups in total. The van der Waals surface area contributed by atoms with Crippen molar-refractivity contribution in [2.45, 2.75) is 25.7 Å². The summed E-state index contributed by atoms with van der Waals surface area (Å²) in [5, 5.41) is 0. The molecule has 0 saturated heterocycles. The highest BCUT2D eigenvalue weighted by atomic mass is 19.3. The number of alkyl halides is 2. The molecule has 2 nitrogen and oxygen atoms in total. The Morgan fingerprint density at radius 3 is 2.44 bits per heavy atom. The molecule has 88 valence electrons. The molecule has 0 amide bonds. The average Bonchev–Trinajstić information content (AvgIpc) is 2.30. The summed E-state index contributed by atoms with van der Waals surface area (Å²) >= 11 is 0. The second kappa shape index (κ2) is 5.58. The Hall–Kier alpha value is -1.45. The van der Waals surface area contributed by atoms with Crippen molar-refractivity contribution in [1.82, 2.24) is 0 Å². The lowest BCUT2D eigenvalue weighted by Crippen LogP contribution is -2.14. The van der Waals surface area contributed by atoms with Crippen LogP contribution in [0.3, 0.4) is 0 Å². The van der Waals surface area contributed by atoms with Gasteiger partial charge in [-0.15, -0.1) is 0 Å². The Bertz CT molecular complexity index is 333. The maximum absolute atomic E-state index is 12.9. The molecule has 0 radical (unpaired) electrons. The number of ether oxygens (including phenoxy) is 1. The van der Waals surface area contributed by atoms with Gasteiger partial charge in [0.1, 0.15) is 5.75 Å². The van der Waals surface area contributed by atoms with Crippen LogP contribution < -0.4 is 4.74 Å². The molecule has 0 fully saturated rings. The predicted molar refractivity (Wildman–Crippen MR) is 56.8 cm³/mol. The summed E-state index contributed by atoms with van der Waals surface area (Å²) in [4.78, 5) is 10.1. The smallest absolute Gasteiger partial charge is 0.327 e. The lowest BCUT2D eigenvalue weighted by atomic mass is 10.1. The fraction of sp³-hybridized carbons (Fsp3) is 0.417. The highest BCUT2D eigenvalue weighted by Gasteiger charge is 2.30. The van der Waals surface area contributed by atoms with Gasteiger partial charge in [-0.1, -0.05) is 13.3 Å². The molecule has 0 atom stereocenters. The van der Waals surface area contributed by atoms with E-state index in [1.54, 1.807) is 0 Å². The van der Waals surface area contributed by atoms with E-state index in [2.05, 4.69) is 0 Å². The first-order valence-corrected chi connectivity index (χ1v) is 5.17. The summed E-state index contributed by atoms with van der Waals surface area (Å²) in [5.74, 6) is -2.87. The van der Waals surface area contributed by atoms with E-state index in [1.807, 2.05) is 6.92 Å². The van der Waals surface area contributed by atoms with Crippen LogP contribution in [0.1, 0.15) is 25.3 Å². The maximum Gasteiger partial charge on any atom is 0.327 e. The van der Waals surface area contributed by atoms with E-state index < -0.39 is 5.92 Å². The fourth-order valence-corrected chi connectivity index (χ4v) is 1.18. The van der Waals surface area contributed by atoms with Crippen molar-refractivity contribution in [1.29, 1.82) is 0 Å². The third kappa shape index (κ3) is 3.29. The quantitative estimate of drug-likeness (QED) is 0.552. The van der Waals surface area contributed by atoms with Gasteiger partial charge in [-0.2, -0.15) is 8.78 Å². The minimum absolute atomic E-state index is 0.314. The first-order valence-electron chi connectivity index (χ1n) is 5.17. The first-order chi connectivity index (χ1) is 7.60. The SMILES string of the molecule is CCCCOc1ccc(C(F)(F)C=O)cc1. The van der Waals surface area contributed by atoms with Gasteiger partial charge in [0.05, 0.1) is 6.61 Å². The normalized spacial score (nSPS) is 11.2. The number of aldehydes is 1. The third-order valence-electron chi connectivity index (χ3n) is 2.15. The van der Waals surface area contributed by atoms with Crippen LogP contribution in [-0.2, 0) is 10.7 Å². The third-order valence-corrected chi connectivity index (χ3v) is 2.15. The molecule has 0 aliphatic heterocycles. The first kappa shape index (κ1) is 12.6. The zero-order valence-corrected chi connectivity index (χ0v) is 9.08. The van der Waals surface area contributed by atoms with Gasteiger partial charge in [0.15, 0.2) is 6.29 Å². The van der Waals surface area contributed by atoms with Crippen LogP contribution in [-0.4, -0.2) is 12.9 Å². The lowest BCUT2D eigenvalue weighted by molar-refractivity contribution is -0.130. The summed E-state index contributed by atoms with van der Waals surface area (Å²) in [7, 11) is 0. The minimum Gasteiger partial charge on any atom is -0.494 e. The van der Waals surface area contributed by atoms with Crippen LogP contribution in [0.15, 0.2) is 24.3 Å². The molecule has 0 aliphatic carbocycles. The van der Waals surface area contributed by atoms with E-state index in [0.717, 1.165) is 12.8 Å². The van der Waals surface area contributed by atoms with Crippen molar-refractivity contribution in [3.63, 3.8) is 0 Å². The Morgan fingerprint density at radius 2 is 1.94 bits per heavy atom. The van der Waals surface area contributed by atoms with Gasteiger partial charge in [0.25, 0.3) is 0 Å². The van der Waals surface area contributed by atoms with Crippen LogP contribution in [0.2, 0.25) is 0 Å². The van der Waals surface area contributed by atoms with Crippen LogP contribution >= 0.6 is 0 Å². The topological polar surface area (TPSA) is 26.3 Å². The highest BCUT2D eigenvalue weighted by Crippen LogP contribution is 2.26. The molecule has 1 rings (SSSR count). The summed E-state index contributed by atoms with van der Waals surface area (Å²) in [6.07, 6.45) is 1.58. The van der Waals surface area contributed by atoms with Gasteiger partial charge in [0, 0.05) is 5.56 Å². The Labute approximate surface area is 93.2 Å². The number of carbonyl (C=O) groups excluding carboxylic acids is 1. The van der Waals surface area contributed by atoms with E-state index in [1.165, 1.54) is 24.3 Å². The van der Waals surface area contributed by atoms with E-state index in [0.29, 0.717) is 12.4 Å². The summed E-state index contributed by atoms with van der Waals surface area (Å²) in [6.45, 7) is 2.61. The van der Waals surface area contributed by atoms with Crippen LogP contribution in [0.25, 0.3) is 0 Å². The number of carbonyl (C=O) groups is 1. The highest BCUT2D eigenvalue weighted by molar-refractivity contribution is 5.63. The number of hydrogen-bond acceptors (Lipinski definition) is 2. The molecule has 1 aromatic rings. The lowest BCUT2D eigenvalue weighted by Gasteiger charge is -2.10. The second-order valence-corrected chi connectivity index (χ2v) is 3.47. The van der Waals surface area contributed by atoms with E-state index in [9.17, 15) is 13.6 Å². The number of benzene rings is 1. The molecular formula is C12H14F2O2. The molecule has 0 bridgehead atoms. The average molecular weight is 228 g/mol. The molecule has 0 heterocycles. The van der Waals surface area contributed by atoms with Crippen molar-refractivity contribution in [3.05, 3.63) is 29.8 Å². The molecule has 0 aromatic heterocycles. The van der Waals surface area contributed by atoms with Gasteiger partial charge >= 0.3 is 5.92 Å². The van der Waals surface area contributed by atoms with E-state index >= 15 is 0 Å². The predicted octanol–water partition coefficient (Wildman–Crippen LogP) is 3.16. The molecule has 0 spiro atoms. The van der Waals surface area contributed by atoms with Gasteiger partial charge in [-0.25, -0.2) is 0 Å². The van der Waals surface area contributed by atoms with Gasteiger partial charge in [-0.05, 0) is 30.7 Å². The maximum atomic E-state index is 12.9. The summed E-state index contributed by atoms with van der Waals surface area (Å²) < 4.78 is 31.1. The molecule has 0 aliphatic rings. The Kier molecular flexibility index (Phi) is 4.40. The largest absolute Gasteiger partial charge is 0.494 e. The van der Waals surface area contributed by atoms with Crippen LogP contribution in [0, 0.1) is 0 Å². The summed E-state index contributed by atoms with van der Waals surface area (Å²) in [5.41, 5.74) is -0.314. The number of halogens is 2. The summed E-state index contributed by atoms with van der Waals surface area (Å²) in [6, 6.07) is 5.30. The van der Waals surface area contributed by atoms with E-state index in [4.69, 9.17) is 4.74 Å². The van der Waals surface area contributed by atoms with E-state index in [-0.39, 0.29) is 11.8 Å². The standard InChI is InChI=1S/C12H14F2O2/c1-2-3-8-16-11-6-4-10(5-7-11)12(13,14)9-15/h4-7,9H,2-3,8H2,1H3. The van der Waals surface area contributed by atoms with Crippen molar-refractivity contribution in [3.8, 4) is 5.75 Å². The number of rotatable bonds is 6. The molecule has 0 saturated carbocycles. The second-order valence-electron chi connectivity index (χ2n) is 3.47. The zero-order valence-electron chi connectivity index (χ0n) is 9.08. The van der Waals surface area contributed by atoms with Crippen molar-refractivity contribution in [2.75, 3.05) is 6.61 Å². The van der Waals surface area contributed by atoms with Crippen molar-refractivity contribution in [2.24, 2.45) is 0 Å². The van der Waals surface area contributed by atoms with Crippen LogP contribution in [0.4, 0.5) is 8.78 Å². The minimum atomic E-state index is -3.41. The van der Waals surface area contributed by atoms with Crippen molar-refractivity contribution >= 4 is 6.29 Å². The monoisotopic (exact) mass is 228 g/mol. The molecular weight excluding hydrogens is 214 g/mol. The van der Waals surface area contributed by atoms with Gasteiger partial charge in [-0.3, -0.25) is 4.79 Å². The fourth-order valence-electron chi connectivity index (χ4n) is 1.18. The van der Waals surface area contributed by atoms with Gasteiger partial charge < -0.3 is 4.74 Å².